The van der Waals surface area contributed by atoms with Crippen LogP contribution in [0, 0.1) is 5.41 Å². The number of allylic oxidation sites excluding steroid dienone is 2. The molecule has 1 aliphatic carbocycles. The van der Waals surface area contributed by atoms with Gasteiger partial charge in [-0.05, 0) is 31.1 Å². The second-order valence-electron chi connectivity index (χ2n) is 4.99. The molecule has 13 heavy (non-hydrogen) atoms. The molecule has 0 amide bonds. The van der Waals surface area contributed by atoms with Crippen molar-refractivity contribution in [1.29, 1.82) is 0 Å². The highest BCUT2D eigenvalue weighted by Gasteiger charge is 2.26. The number of rotatable bonds is 3. The molecular weight excluding hydrogens is 180 g/mol. The molecular formula is C12H21Cl. The molecule has 0 fully saturated rings. The first-order valence-electron chi connectivity index (χ1n) is 5.37. The molecule has 0 nitrogen and oxygen atoms in total. The standard InChI is InChI=1S/C12H21Cl/c1-4-5-6-10-7-11(13)9-12(2,3)8-10/h7,11H,4-6,8-9H2,1-3H3. The summed E-state index contributed by atoms with van der Waals surface area (Å²) >= 11 is 6.20. The first-order valence-corrected chi connectivity index (χ1v) is 5.81. The number of hydrogen-bond donors (Lipinski definition) is 0. The number of unbranched alkanes of at least 4 members (excludes halogenated alkanes) is 1. The zero-order valence-corrected chi connectivity index (χ0v) is 9.82. The molecule has 1 unspecified atom stereocenters. The molecule has 0 spiro atoms. The smallest absolute Gasteiger partial charge is 0.0523 e. The van der Waals surface area contributed by atoms with Gasteiger partial charge in [-0.15, -0.1) is 11.6 Å². The van der Waals surface area contributed by atoms with E-state index in [0.717, 1.165) is 6.42 Å². The van der Waals surface area contributed by atoms with Gasteiger partial charge in [0.25, 0.3) is 0 Å². The number of hydrogen-bond acceptors (Lipinski definition) is 0. The Morgan fingerprint density at radius 2 is 2.23 bits per heavy atom. The Bertz CT molecular complexity index is 191. The van der Waals surface area contributed by atoms with Gasteiger partial charge in [-0.2, -0.15) is 0 Å². The lowest BCUT2D eigenvalue weighted by Crippen LogP contribution is -2.22. The van der Waals surface area contributed by atoms with E-state index in [0.29, 0.717) is 5.41 Å². The van der Waals surface area contributed by atoms with Gasteiger partial charge in [-0.1, -0.05) is 38.8 Å². The van der Waals surface area contributed by atoms with E-state index in [4.69, 9.17) is 11.6 Å². The van der Waals surface area contributed by atoms with Crippen molar-refractivity contribution >= 4 is 11.6 Å². The maximum atomic E-state index is 6.20. The first-order chi connectivity index (χ1) is 6.03. The van der Waals surface area contributed by atoms with Crippen molar-refractivity contribution in [2.75, 3.05) is 0 Å². The van der Waals surface area contributed by atoms with Crippen molar-refractivity contribution in [1.82, 2.24) is 0 Å². The van der Waals surface area contributed by atoms with Crippen LogP contribution in [0.1, 0.15) is 52.9 Å². The summed E-state index contributed by atoms with van der Waals surface area (Å²) in [6.45, 7) is 6.88. The summed E-state index contributed by atoms with van der Waals surface area (Å²) in [5.74, 6) is 0. The maximum absolute atomic E-state index is 6.20. The van der Waals surface area contributed by atoms with Crippen LogP contribution in [-0.4, -0.2) is 5.38 Å². The maximum Gasteiger partial charge on any atom is 0.0523 e. The van der Waals surface area contributed by atoms with Crippen LogP contribution in [0.5, 0.6) is 0 Å². The molecule has 0 aromatic carbocycles. The lowest BCUT2D eigenvalue weighted by molar-refractivity contribution is 0.318. The van der Waals surface area contributed by atoms with Crippen LogP contribution in [-0.2, 0) is 0 Å². The Hall–Kier alpha value is 0.0300. The van der Waals surface area contributed by atoms with Crippen LogP contribution in [0.2, 0.25) is 0 Å². The van der Waals surface area contributed by atoms with Crippen LogP contribution < -0.4 is 0 Å². The van der Waals surface area contributed by atoms with E-state index in [9.17, 15) is 0 Å². The van der Waals surface area contributed by atoms with E-state index in [2.05, 4.69) is 26.8 Å². The molecule has 76 valence electrons. The van der Waals surface area contributed by atoms with Crippen molar-refractivity contribution in [3.05, 3.63) is 11.6 Å². The second kappa shape index (κ2) is 4.50. The van der Waals surface area contributed by atoms with Gasteiger partial charge in [0.15, 0.2) is 0 Å². The zero-order valence-electron chi connectivity index (χ0n) is 9.07. The van der Waals surface area contributed by atoms with Gasteiger partial charge in [0.05, 0.1) is 5.38 Å². The molecule has 0 aliphatic heterocycles. The molecule has 1 rings (SSSR count). The van der Waals surface area contributed by atoms with Gasteiger partial charge < -0.3 is 0 Å². The van der Waals surface area contributed by atoms with Crippen LogP contribution in [0.4, 0.5) is 0 Å². The van der Waals surface area contributed by atoms with Crippen molar-refractivity contribution in [3.63, 3.8) is 0 Å². The summed E-state index contributed by atoms with van der Waals surface area (Å²) < 4.78 is 0. The molecule has 0 heterocycles. The van der Waals surface area contributed by atoms with Gasteiger partial charge in [0, 0.05) is 0 Å². The Labute approximate surface area is 87.4 Å². The van der Waals surface area contributed by atoms with Gasteiger partial charge >= 0.3 is 0 Å². The molecule has 0 saturated heterocycles. The van der Waals surface area contributed by atoms with E-state index in [1.54, 1.807) is 5.57 Å². The fourth-order valence-electron chi connectivity index (χ4n) is 2.16. The first kappa shape index (κ1) is 11.1. The highest BCUT2D eigenvalue weighted by Crippen LogP contribution is 2.38. The zero-order chi connectivity index (χ0) is 9.90. The van der Waals surface area contributed by atoms with Crippen molar-refractivity contribution in [2.45, 2.75) is 58.3 Å². The van der Waals surface area contributed by atoms with E-state index < -0.39 is 0 Å². The summed E-state index contributed by atoms with van der Waals surface area (Å²) in [7, 11) is 0. The topological polar surface area (TPSA) is 0 Å². The van der Waals surface area contributed by atoms with Crippen molar-refractivity contribution in [3.8, 4) is 0 Å². The number of halogens is 1. The molecule has 1 heteroatoms. The summed E-state index contributed by atoms with van der Waals surface area (Å²) in [5.41, 5.74) is 2.00. The summed E-state index contributed by atoms with van der Waals surface area (Å²) in [5, 5.41) is 0.274. The molecule has 0 aromatic rings. The van der Waals surface area contributed by atoms with Crippen molar-refractivity contribution in [2.24, 2.45) is 5.41 Å². The monoisotopic (exact) mass is 200 g/mol. The minimum Gasteiger partial charge on any atom is -0.118 e. The van der Waals surface area contributed by atoms with Gasteiger partial charge in [0.1, 0.15) is 0 Å². The largest absolute Gasteiger partial charge is 0.118 e. The average molecular weight is 201 g/mol. The lowest BCUT2D eigenvalue weighted by Gasteiger charge is -2.32. The van der Waals surface area contributed by atoms with Gasteiger partial charge in [-0.3, -0.25) is 0 Å². The molecule has 1 aliphatic rings. The Balaban J connectivity index is 2.53. The Morgan fingerprint density at radius 3 is 2.77 bits per heavy atom. The summed E-state index contributed by atoms with van der Waals surface area (Å²) in [4.78, 5) is 0. The fourth-order valence-corrected chi connectivity index (χ4v) is 2.76. The normalized spacial score (nSPS) is 27.1. The molecule has 0 bridgehead atoms. The Kier molecular flexibility index (Phi) is 3.85. The Morgan fingerprint density at radius 1 is 1.54 bits per heavy atom. The highest BCUT2D eigenvalue weighted by molar-refractivity contribution is 6.21. The third kappa shape index (κ3) is 3.72. The lowest BCUT2D eigenvalue weighted by atomic mass is 9.76. The minimum absolute atomic E-state index is 0.274. The van der Waals surface area contributed by atoms with E-state index in [-0.39, 0.29) is 5.38 Å². The molecule has 1 atom stereocenters. The SMILES string of the molecule is CCCCC1=CC(Cl)CC(C)(C)C1. The molecule has 0 radical (unpaired) electrons. The van der Waals surface area contributed by atoms with Gasteiger partial charge in [-0.25, -0.2) is 0 Å². The highest BCUT2D eigenvalue weighted by atomic mass is 35.5. The quantitative estimate of drug-likeness (QED) is 0.464. The van der Waals surface area contributed by atoms with E-state index >= 15 is 0 Å². The molecule has 0 aromatic heterocycles. The van der Waals surface area contributed by atoms with Crippen LogP contribution in [0.15, 0.2) is 11.6 Å². The summed E-state index contributed by atoms with van der Waals surface area (Å²) in [6, 6.07) is 0. The third-order valence-corrected chi connectivity index (χ3v) is 3.00. The van der Waals surface area contributed by atoms with Crippen molar-refractivity contribution < 1.29 is 0 Å². The second-order valence-corrected chi connectivity index (χ2v) is 5.55. The predicted octanol–water partition coefficient (Wildman–Crippen LogP) is 4.53. The van der Waals surface area contributed by atoms with Crippen LogP contribution >= 0.6 is 11.6 Å². The third-order valence-electron chi connectivity index (χ3n) is 2.72. The number of alkyl halides is 1. The van der Waals surface area contributed by atoms with Crippen LogP contribution in [0.3, 0.4) is 0 Å². The molecule has 0 N–H and O–H groups in total. The van der Waals surface area contributed by atoms with Gasteiger partial charge in [0.2, 0.25) is 0 Å². The fraction of sp³-hybridized carbons (Fsp3) is 0.833. The average Bonchev–Trinajstić information content (AvgIpc) is 1.97. The van der Waals surface area contributed by atoms with E-state index in [1.165, 1.54) is 25.7 Å². The summed E-state index contributed by atoms with van der Waals surface area (Å²) in [6.07, 6.45) is 8.50. The molecule has 0 saturated carbocycles. The van der Waals surface area contributed by atoms with Crippen LogP contribution in [0.25, 0.3) is 0 Å². The van der Waals surface area contributed by atoms with E-state index in [1.807, 2.05) is 0 Å². The predicted molar refractivity (Wildman–Crippen MR) is 60.3 cm³/mol. The minimum atomic E-state index is 0.274.